The molecule has 0 bridgehead atoms. The molecule has 1 unspecified atom stereocenters. The fourth-order valence-corrected chi connectivity index (χ4v) is 1.14. The summed E-state index contributed by atoms with van der Waals surface area (Å²) in [7, 11) is 0. The van der Waals surface area contributed by atoms with Crippen LogP contribution in [0.1, 0.15) is 12.5 Å². The zero-order valence-corrected chi connectivity index (χ0v) is 9.64. The predicted molar refractivity (Wildman–Crippen MR) is 62.8 cm³/mol. The summed E-state index contributed by atoms with van der Waals surface area (Å²) >= 11 is 5.88. The minimum absolute atomic E-state index is 0.0685. The van der Waals surface area contributed by atoms with Crippen LogP contribution in [0.15, 0.2) is 18.2 Å². The highest BCUT2D eigenvalue weighted by Crippen LogP contribution is 2.21. The van der Waals surface area contributed by atoms with Crippen molar-refractivity contribution in [2.45, 2.75) is 13.8 Å². The molecule has 1 atom stereocenters. The van der Waals surface area contributed by atoms with Crippen molar-refractivity contribution in [3.63, 3.8) is 0 Å². The third-order valence-corrected chi connectivity index (χ3v) is 2.58. The summed E-state index contributed by atoms with van der Waals surface area (Å²) in [6.45, 7) is 4.19. The van der Waals surface area contributed by atoms with E-state index < -0.39 is 0 Å². The van der Waals surface area contributed by atoms with Crippen molar-refractivity contribution in [1.29, 1.82) is 5.41 Å². The molecule has 0 saturated carbocycles. The summed E-state index contributed by atoms with van der Waals surface area (Å²) in [6.07, 6.45) is 0. The lowest BCUT2D eigenvalue weighted by atomic mass is 10.2. The highest BCUT2D eigenvalue weighted by Gasteiger charge is 2.06. The molecule has 82 valence electrons. The van der Waals surface area contributed by atoms with Gasteiger partial charge in [-0.15, -0.1) is 0 Å². The van der Waals surface area contributed by atoms with Crippen LogP contribution in [0.3, 0.4) is 0 Å². The Bertz CT molecular complexity index is 366. The SMILES string of the molecule is Cc1cc(OCC(C)C(=N)N)ccc1Cl. The van der Waals surface area contributed by atoms with Crippen molar-refractivity contribution in [3.05, 3.63) is 28.8 Å². The number of ether oxygens (including phenoxy) is 1. The molecule has 0 amide bonds. The summed E-state index contributed by atoms with van der Waals surface area (Å²) in [6, 6.07) is 5.47. The van der Waals surface area contributed by atoms with Gasteiger partial charge in [-0.05, 0) is 30.7 Å². The lowest BCUT2D eigenvalue weighted by molar-refractivity contribution is 0.292. The first-order valence-corrected chi connectivity index (χ1v) is 5.11. The van der Waals surface area contributed by atoms with Crippen LogP contribution in [0.2, 0.25) is 5.02 Å². The van der Waals surface area contributed by atoms with E-state index in [2.05, 4.69) is 0 Å². The number of amidine groups is 1. The molecule has 0 aliphatic rings. The van der Waals surface area contributed by atoms with Crippen LogP contribution in [0.4, 0.5) is 0 Å². The number of rotatable bonds is 4. The van der Waals surface area contributed by atoms with E-state index in [0.717, 1.165) is 16.3 Å². The van der Waals surface area contributed by atoms with Crippen LogP contribution in [-0.2, 0) is 0 Å². The molecule has 3 N–H and O–H groups in total. The molecular weight excluding hydrogens is 212 g/mol. The molecule has 0 aliphatic carbocycles. The van der Waals surface area contributed by atoms with Gasteiger partial charge in [-0.25, -0.2) is 0 Å². The maximum Gasteiger partial charge on any atom is 0.119 e. The minimum atomic E-state index is -0.0685. The van der Waals surface area contributed by atoms with Crippen molar-refractivity contribution < 1.29 is 4.74 Å². The standard InChI is InChI=1S/C11H15ClN2O/c1-7-5-9(3-4-10(7)12)15-6-8(2)11(13)14/h3-5,8H,6H2,1-2H3,(H3,13,14). The molecule has 0 spiro atoms. The molecule has 1 aromatic rings. The van der Waals surface area contributed by atoms with Gasteiger partial charge in [0.1, 0.15) is 5.75 Å². The van der Waals surface area contributed by atoms with Crippen molar-refractivity contribution in [3.8, 4) is 5.75 Å². The Labute approximate surface area is 94.7 Å². The minimum Gasteiger partial charge on any atom is -0.493 e. The van der Waals surface area contributed by atoms with Crippen LogP contribution in [0, 0.1) is 18.3 Å². The fraction of sp³-hybridized carbons (Fsp3) is 0.364. The molecule has 0 fully saturated rings. The number of halogens is 1. The Morgan fingerprint density at radius 2 is 2.27 bits per heavy atom. The average Bonchev–Trinajstić information content (AvgIpc) is 2.19. The molecule has 3 nitrogen and oxygen atoms in total. The lowest BCUT2D eigenvalue weighted by Crippen LogP contribution is -2.25. The Hall–Kier alpha value is -1.22. The molecule has 1 rings (SSSR count). The van der Waals surface area contributed by atoms with E-state index in [0.29, 0.717) is 6.61 Å². The Kier molecular flexibility index (Phi) is 3.97. The number of nitrogens with one attached hydrogen (secondary N) is 1. The Balaban J connectivity index is 2.58. The number of nitrogens with two attached hydrogens (primary N) is 1. The van der Waals surface area contributed by atoms with Crippen LogP contribution < -0.4 is 10.5 Å². The van der Waals surface area contributed by atoms with Crippen molar-refractivity contribution in [2.24, 2.45) is 11.7 Å². The second kappa shape index (κ2) is 5.03. The van der Waals surface area contributed by atoms with Gasteiger partial charge in [-0.2, -0.15) is 0 Å². The van der Waals surface area contributed by atoms with Gasteiger partial charge in [0.15, 0.2) is 0 Å². The van der Waals surface area contributed by atoms with E-state index in [1.165, 1.54) is 0 Å². The van der Waals surface area contributed by atoms with Gasteiger partial charge in [0.25, 0.3) is 0 Å². The second-order valence-electron chi connectivity index (χ2n) is 3.58. The van der Waals surface area contributed by atoms with Gasteiger partial charge in [-0.3, -0.25) is 5.41 Å². The molecule has 4 heteroatoms. The summed E-state index contributed by atoms with van der Waals surface area (Å²) in [5.74, 6) is 0.826. The van der Waals surface area contributed by atoms with Gasteiger partial charge in [-0.1, -0.05) is 18.5 Å². The van der Waals surface area contributed by atoms with Crippen molar-refractivity contribution >= 4 is 17.4 Å². The summed E-state index contributed by atoms with van der Waals surface area (Å²) in [4.78, 5) is 0. The van der Waals surface area contributed by atoms with E-state index in [1.54, 1.807) is 6.07 Å². The Morgan fingerprint density at radius 1 is 1.60 bits per heavy atom. The highest BCUT2D eigenvalue weighted by molar-refractivity contribution is 6.31. The summed E-state index contributed by atoms with van der Waals surface area (Å²) < 4.78 is 5.49. The topological polar surface area (TPSA) is 59.1 Å². The quantitative estimate of drug-likeness (QED) is 0.613. The molecule has 0 aliphatic heterocycles. The second-order valence-corrected chi connectivity index (χ2v) is 3.99. The van der Waals surface area contributed by atoms with Crippen LogP contribution >= 0.6 is 11.6 Å². The largest absolute Gasteiger partial charge is 0.493 e. The number of aryl methyl sites for hydroxylation is 1. The van der Waals surface area contributed by atoms with E-state index in [-0.39, 0.29) is 11.8 Å². The monoisotopic (exact) mass is 226 g/mol. The predicted octanol–water partition coefficient (Wildman–Crippen LogP) is 2.60. The zero-order chi connectivity index (χ0) is 11.4. The molecule has 15 heavy (non-hydrogen) atoms. The van der Waals surface area contributed by atoms with Crippen LogP contribution in [0.25, 0.3) is 0 Å². The summed E-state index contributed by atoms with van der Waals surface area (Å²) in [5.41, 5.74) is 6.31. The Morgan fingerprint density at radius 3 is 2.80 bits per heavy atom. The number of benzene rings is 1. The van der Waals surface area contributed by atoms with Gasteiger partial charge in [0.05, 0.1) is 12.4 Å². The first-order chi connectivity index (χ1) is 7.00. The fourth-order valence-electron chi connectivity index (χ4n) is 1.02. The van der Waals surface area contributed by atoms with Gasteiger partial charge in [0, 0.05) is 10.9 Å². The maximum absolute atomic E-state index is 7.22. The van der Waals surface area contributed by atoms with E-state index in [1.807, 2.05) is 26.0 Å². The van der Waals surface area contributed by atoms with E-state index in [9.17, 15) is 0 Å². The van der Waals surface area contributed by atoms with Crippen molar-refractivity contribution in [2.75, 3.05) is 6.61 Å². The third-order valence-electron chi connectivity index (χ3n) is 2.16. The molecule has 1 aromatic carbocycles. The third kappa shape index (κ3) is 3.44. The molecule has 0 saturated heterocycles. The molecular formula is C11H15ClN2O. The molecule has 0 radical (unpaired) electrons. The van der Waals surface area contributed by atoms with Gasteiger partial charge < -0.3 is 10.5 Å². The lowest BCUT2D eigenvalue weighted by Gasteiger charge is -2.12. The summed E-state index contributed by atoms with van der Waals surface area (Å²) in [5, 5.41) is 7.94. The smallest absolute Gasteiger partial charge is 0.119 e. The highest BCUT2D eigenvalue weighted by atomic mass is 35.5. The molecule has 0 heterocycles. The van der Waals surface area contributed by atoms with E-state index >= 15 is 0 Å². The van der Waals surface area contributed by atoms with Crippen LogP contribution in [-0.4, -0.2) is 12.4 Å². The first-order valence-electron chi connectivity index (χ1n) is 4.73. The maximum atomic E-state index is 7.22. The van der Waals surface area contributed by atoms with Crippen molar-refractivity contribution in [1.82, 2.24) is 0 Å². The van der Waals surface area contributed by atoms with E-state index in [4.69, 9.17) is 27.5 Å². The molecule has 0 aromatic heterocycles. The van der Waals surface area contributed by atoms with Gasteiger partial charge >= 0.3 is 0 Å². The number of hydrogen-bond acceptors (Lipinski definition) is 2. The zero-order valence-electron chi connectivity index (χ0n) is 8.88. The van der Waals surface area contributed by atoms with Gasteiger partial charge in [0.2, 0.25) is 0 Å². The number of hydrogen-bond donors (Lipinski definition) is 2. The average molecular weight is 227 g/mol. The normalized spacial score (nSPS) is 12.2. The van der Waals surface area contributed by atoms with Crippen LogP contribution in [0.5, 0.6) is 5.75 Å². The first kappa shape index (κ1) is 11.9.